The van der Waals surface area contributed by atoms with Crippen molar-refractivity contribution in [1.82, 2.24) is 4.90 Å². The molecule has 0 aliphatic carbocycles. The van der Waals surface area contributed by atoms with Crippen molar-refractivity contribution in [2.45, 2.75) is 33.1 Å². The van der Waals surface area contributed by atoms with Crippen molar-refractivity contribution >= 4 is 11.9 Å². The molecule has 0 radical (unpaired) electrons. The predicted octanol–water partition coefficient (Wildman–Crippen LogP) is 2.43. The fraction of sp³-hybridized carbons (Fsp3) is 0.556. The van der Waals surface area contributed by atoms with Crippen LogP contribution in [0.3, 0.4) is 0 Å². The summed E-state index contributed by atoms with van der Waals surface area (Å²) < 4.78 is 10.6. The van der Waals surface area contributed by atoms with E-state index in [1.807, 2.05) is 24.3 Å². The van der Waals surface area contributed by atoms with Gasteiger partial charge < -0.3 is 14.4 Å². The van der Waals surface area contributed by atoms with E-state index in [1.54, 1.807) is 11.8 Å². The third-order valence-electron chi connectivity index (χ3n) is 4.09. The Morgan fingerprint density at radius 3 is 2.61 bits per heavy atom. The molecule has 0 N–H and O–H groups in total. The van der Waals surface area contributed by atoms with Gasteiger partial charge in [-0.25, -0.2) is 0 Å². The molecule has 1 aliphatic rings. The summed E-state index contributed by atoms with van der Waals surface area (Å²) in [7, 11) is 0. The van der Waals surface area contributed by atoms with Gasteiger partial charge in [-0.1, -0.05) is 19.1 Å². The molecule has 1 atom stereocenters. The number of carbonyl (C=O) groups excluding carboxylic acids is 2. The molecule has 0 bridgehead atoms. The van der Waals surface area contributed by atoms with E-state index in [2.05, 4.69) is 6.92 Å². The van der Waals surface area contributed by atoms with Crippen LogP contribution in [0.2, 0.25) is 0 Å². The first-order chi connectivity index (χ1) is 11.1. The summed E-state index contributed by atoms with van der Waals surface area (Å²) in [5.74, 6) is 0.186. The molecule has 23 heavy (non-hydrogen) atoms. The zero-order chi connectivity index (χ0) is 16.7. The molecule has 1 aliphatic heterocycles. The Balaban J connectivity index is 1.83. The fourth-order valence-corrected chi connectivity index (χ4v) is 2.71. The Kier molecular flexibility index (Phi) is 6.44. The molecular formula is C18H25NO4. The maximum absolute atomic E-state index is 12.3. The SMILES string of the molecule is CCOC(=O)[C@@H]1CCCN(C(=O)COc2ccc(CC)cc2)C1. The summed E-state index contributed by atoms with van der Waals surface area (Å²) in [6, 6.07) is 7.75. The van der Waals surface area contributed by atoms with Crippen LogP contribution in [0, 0.1) is 5.92 Å². The average Bonchev–Trinajstić information content (AvgIpc) is 2.60. The molecule has 1 saturated heterocycles. The van der Waals surface area contributed by atoms with E-state index in [0.29, 0.717) is 25.4 Å². The maximum atomic E-state index is 12.3. The molecule has 1 aromatic carbocycles. The number of carbonyl (C=O) groups is 2. The number of rotatable bonds is 6. The van der Waals surface area contributed by atoms with Crippen LogP contribution in [0.4, 0.5) is 0 Å². The van der Waals surface area contributed by atoms with Crippen molar-refractivity contribution in [2.24, 2.45) is 5.92 Å². The van der Waals surface area contributed by atoms with E-state index in [0.717, 1.165) is 19.3 Å². The maximum Gasteiger partial charge on any atom is 0.310 e. The number of hydrogen-bond donors (Lipinski definition) is 0. The van der Waals surface area contributed by atoms with Crippen LogP contribution in [0.15, 0.2) is 24.3 Å². The highest BCUT2D eigenvalue weighted by molar-refractivity contribution is 5.79. The Labute approximate surface area is 137 Å². The highest BCUT2D eigenvalue weighted by atomic mass is 16.5. The van der Waals surface area contributed by atoms with Crippen LogP contribution in [0.5, 0.6) is 5.75 Å². The number of piperidine rings is 1. The number of benzene rings is 1. The van der Waals surface area contributed by atoms with Gasteiger partial charge in [0.1, 0.15) is 5.75 Å². The highest BCUT2D eigenvalue weighted by Gasteiger charge is 2.29. The van der Waals surface area contributed by atoms with Gasteiger partial charge in [0.05, 0.1) is 12.5 Å². The molecule has 1 fully saturated rings. The smallest absolute Gasteiger partial charge is 0.310 e. The molecule has 0 aromatic heterocycles. The van der Waals surface area contributed by atoms with Crippen LogP contribution < -0.4 is 4.74 Å². The van der Waals surface area contributed by atoms with Crippen molar-refractivity contribution in [1.29, 1.82) is 0 Å². The van der Waals surface area contributed by atoms with Crippen molar-refractivity contribution in [2.75, 3.05) is 26.3 Å². The van der Waals surface area contributed by atoms with Gasteiger partial charge in [-0.3, -0.25) is 9.59 Å². The van der Waals surface area contributed by atoms with Crippen LogP contribution >= 0.6 is 0 Å². The molecule has 0 spiro atoms. The standard InChI is InChI=1S/C18H25NO4/c1-3-14-7-9-16(10-8-14)23-13-17(20)19-11-5-6-15(12-19)18(21)22-4-2/h7-10,15H,3-6,11-13H2,1-2H3/t15-/m1/s1. The lowest BCUT2D eigenvalue weighted by Crippen LogP contribution is -2.44. The quantitative estimate of drug-likeness (QED) is 0.756. The number of esters is 1. The summed E-state index contributed by atoms with van der Waals surface area (Å²) in [4.78, 5) is 25.8. The van der Waals surface area contributed by atoms with Crippen molar-refractivity contribution < 1.29 is 19.1 Å². The van der Waals surface area contributed by atoms with Gasteiger partial charge in [0, 0.05) is 13.1 Å². The number of amides is 1. The van der Waals surface area contributed by atoms with Crippen molar-refractivity contribution in [3.8, 4) is 5.75 Å². The Hall–Kier alpha value is -2.04. The van der Waals surface area contributed by atoms with Gasteiger partial charge in [0.25, 0.3) is 5.91 Å². The molecule has 1 heterocycles. The number of likely N-dealkylation sites (tertiary alicyclic amines) is 1. The van der Waals surface area contributed by atoms with Gasteiger partial charge in [-0.05, 0) is 43.9 Å². The monoisotopic (exact) mass is 319 g/mol. The third-order valence-corrected chi connectivity index (χ3v) is 4.09. The minimum absolute atomic E-state index is 0.00101. The second-order valence-electron chi connectivity index (χ2n) is 5.72. The van der Waals surface area contributed by atoms with Crippen molar-refractivity contribution in [3.05, 3.63) is 29.8 Å². The summed E-state index contributed by atoms with van der Waals surface area (Å²) >= 11 is 0. The zero-order valence-electron chi connectivity index (χ0n) is 13.9. The second-order valence-corrected chi connectivity index (χ2v) is 5.72. The highest BCUT2D eigenvalue weighted by Crippen LogP contribution is 2.19. The van der Waals surface area contributed by atoms with Crippen LogP contribution in [-0.4, -0.2) is 43.1 Å². The van der Waals surface area contributed by atoms with E-state index in [-0.39, 0.29) is 24.4 Å². The molecule has 5 nitrogen and oxygen atoms in total. The number of aryl methyl sites for hydroxylation is 1. The molecule has 126 valence electrons. The van der Waals surface area contributed by atoms with Crippen LogP contribution in [0.25, 0.3) is 0 Å². The van der Waals surface area contributed by atoms with Crippen LogP contribution in [0.1, 0.15) is 32.3 Å². The lowest BCUT2D eigenvalue weighted by molar-refractivity contribution is -0.151. The predicted molar refractivity (Wildman–Crippen MR) is 87.3 cm³/mol. The minimum atomic E-state index is -0.212. The normalized spacial score (nSPS) is 17.7. The zero-order valence-corrected chi connectivity index (χ0v) is 13.9. The molecule has 1 amide bonds. The molecule has 2 rings (SSSR count). The Bertz CT molecular complexity index is 526. The van der Waals surface area contributed by atoms with Gasteiger partial charge >= 0.3 is 5.97 Å². The number of ether oxygens (including phenoxy) is 2. The molecule has 0 saturated carbocycles. The Morgan fingerprint density at radius 1 is 1.22 bits per heavy atom. The lowest BCUT2D eigenvalue weighted by atomic mass is 9.98. The summed E-state index contributed by atoms with van der Waals surface area (Å²) in [5, 5.41) is 0. The molecule has 5 heteroatoms. The van der Waals surface area contributed by atoms with Gasteiger partial charge in [0.2, 0.25) is 0 Å². The van der Waals surface area contributed by atoms with E-state index < -0.39 is 0 Å². The van der Waals surface area contributed by atoms with E-state index in [1.165, 1.54) is 5.56 Å². The van der Waals surface area contributed by atoms with Gasteiger partial charge in [-0.2, -0.15) is 0 Å². The summed E-state index contributed by atoms with van der Waals surface area (Å²) in [6.45, 7) is 5.36. The van der Waals surface area contributed by atoms with Gasteiger partial charge in [0.15, 0.2) is 6.61 Å². The lowest BCUT2D eigenvalue weighted by Gasteiger charge is -2.31. The second kappa shape index (κ2) is 8.56. The minimum Gasteiger partial charge on any atom is -0.484 e. The Morgan fingerprint density at radius 2 is 1.96 bits per heavy atom. The average molecular weight is 319 g/mol. The first-order valence-corrected chi connectivity index (χ1v) is 8.30. The van der Waals surface area contributed by atoms with Crippen LogP contribution in [-0.2, 0) is 20.7 Å². The largest absolute Gasteiger partial charge is 0.484 e. The molecular weight excluding hydrogens is 294 g/mol. The van der Waals surface area contributed by atoms with E-state index in [9.17, 15) is 9.59 Å². The molecule has 1 aromatic rings. The van der Waals surface area contributed by atoms with E-state index in [4.69, 9.17) is 9.47 Å². The first-order valence-electron chi connectivity index (χ1n) is 8.30. The summed E-state index contributed by atoms with van der Waals surface area (Å²) in [6.07, 6.45) is 2.57. The third kappa shape index (κ3) is 4.98. The fourth-order valence-electron chi connectivity index (χ4n) is 2.71. The first kappa shape index (κ1) is 17.3. The summed E-state index contributed by atoms with van der Waals surface area (Å²) in [5.41, 5.74) is 1.23. The number of nitrogens with zero attached hydrogens (tertiary/aromatic N) is 1. The van der Waals surface area contributed by atoms with Gasteiger partial charge in [-0.15, -0.1) is 0 Å². The van der Waals surface area contributed by atoms with Crippen molar-refractivity contribution in [3.63, 3.8) is 0 Å². The van der Waals surface area contributed by atoms with E-state index >= 15 is 0 Å². The number of hydrogen-bond acceptors (Lipinski definition) is 4. The topological polar surface area (TPSA) is 55.8 Å². The molecule has 0 unspecified atom stereocenters.